The summed E-state index contributed by atoms with van der Waals surface area (Å²) in [5, 5.41) is 0. The summed E-state index contributed by atoms with van der Waals surface area (Å²) in [6, 6.07) is 1.96. The van der Waals surface area contributed by atoms with Crippen molar-refractivity contribution >= 4 is 0 Å². The second-order valence-corrected chi connectivity index (χ2v) is 5.89. The predicted octanol–water partition coefficient (Wildman–Crippen LogP) is 2.74. The summed E-state index contributed by atoms with van der Waals surface area (Å²) in [5.41, 5.74) is 7.64. The van der Waals surface area contributed by atoms with Crippen LogP contribution in [0, 0.1) is 0 Å². The molecule has 0 radical (unpaired) electrons. The van der Waals surface area contributed by atoms with E-state index in [4.69, 9.17) is 10.5 Å². The van der Waals surface area contributed by atoms with E-state index >= 15 is 0 Å². The van der Waals surface area contributed by atoms with Crippen LogP contribution in [0.25, 0.3) is 0 Å². The highest BCUT2D eigenvalue weighted by molar-refractivity contribution is 5.28. The van der Waals surface area contributed by atoms with Gasteiger partial charge in [-0.2, -0.15) is 0 Å². The molecule has 1 aliphatic rings. The molecule has 1 aromatic heterocycles. The van der Waals surface area contributed by atoms with Gasteiger partial charge < -0.3 is 10.5 Å². The number of nitrogens with zero attached hydrogens (tertiary/aromatic N) is 2. The molecule has 4 heteroatoms. The SMILES string of the molecule is CCC(C)(C(N)c1cncc(OC)c1)N1CCCCC1. The molecular formula is C16H27N3O. The Morgan fingerprint density at radius 2 is 2.05 bits per heavy atom. The van der Waals surface area contributed by atoms with Gasteiger partial charge in [0, 0.05) is 17.8 Å². The molecule has 1 aliphatic heterocycles. The number of aromatic nitrogens is 1. The molecule has 1 saturated heterocycles. The van der Waals surface area contributed by atoms with Gasteiger partial charge in [0.1, 0.15) is 5.75 Å². The van der Waals surface area contributed by atoms with E-state index in [1.165, 1.54) is 19.3 Å². The quantitative estimate of drug-likeness (QED) is 0.899. The maximum atomic E-state index is 6.60. The number of nitrogens with two attached hydrogens (primary N) is 1. The van der Waals surface area contributed by atoms with Gasteiger partial charge in [-0.3, -0.25) is 9.88 Å². The lowest BCUT2D eigenvalue weighted by atomic mass is 9.83. The Morgan fingerprint density at radius 1 is 1.35 bits per heavy atom. The Labute approximate surface area is 122 Å². The molecule has 2 heterocycles. The molecule has 0 saturated carbocycles. The summed E-state index contributed by atoms with van der Waals surface area (Å²) in [6.07, 6.45) is 8.51. The third-order valence-electron chi connectivity index (χ3n) is 4.79. The minimum Gasteiger partial charge on any atom is -0.495 e. The first kappa shape index (κ1) is 15.3. The van der Waals surface area contributed by atoms with Crippen molar-refractivity contribution in [1.29, 1.82) is 0 Å². The van der Waals surface area contributed by atoms with Gasteiger partial charge in [0.05, 0.1) is 13.3 Å². The number of piperidine rings is 1. The third kappa shape index (κ3) is 2.96. The molecule has 2 N–H and O–H groups in total. The minimum atomic E-state index is -0.0480. The van der Waals surface area contributed by atoms with E-state index in [2.05, 4.69) is 23.7 Å². The van der Waals surface area contributed by atoms with Crippen LogP contribution in [0.1, 0.15) is 51.1 Å². The lowest BCUT2D eigenvalue weighted by Gasteiger charge is -2.46. The number of likely N-dealkylation sites (tertiary alicyclic amines) is 1. The zero-order valence-electron chi connectivity index (χ0n) is 12.9. The minimum absolute atomic E-state index is 0.0194. The van der Waals surface area contributed by atoms with Crippen LogP contribution in [0.15, 0.2) is 18.5 Å². The van der Waals surface area contributed by atoms with Crippen LogP contribution in [0.2, 0.25) is 0 Å². The molecule has 20 heavy (non-hydrogen) atoms. The van der Waals surface area contributed by atoms with Gasteiger partial charge in [-0.1, -0.05) is 13.3 Å². The smallest absolute Gasteiger partial charge is 0.137 e. The normalized spacial score (nSPS) is 21.2. The first-order chi connectivity index (χ1) is 9.61. The zero-order chi connectivity index (χ0) is 14.6. The molecule has 1 aromatic rings. The van der Waals surface area contributed by atoms with Gasteiger partial charge >= 0.3 is 0 Å². The highest BCUT2D eigenvalue weighted by Crippen LogP contribution is 2.35. The highest BCUT2D eigenvalue weighted by atomic mass is 16.5. The lowest BCUT2D eigenvalue weighted by Crippen LogP contribution is -2.54. The largest absolute Gasteiger partial charge is 0.495 e. The molecule has 0 aliphatic carbocycles. The summed E-state index contributed by atoms with van der Waals surface area (Å²) in [6.45, 7) is 6.80. The van der Waals surface area contributed by atoms with Crippen LogP contribution < -0.4 is 10.5 Å². The van der Waals surface area contributed by atoms with E-state index in [1.807, 2.05) is 12.3 Å². The van der Waals surface area contributed by atoms with Crippen molar-refractivity contribution in [2.45, 2.75) is 51.1 Å². The molecule has 112 valence electrons. The molecule has 0 amide bonds. The Kier molecular flexibility index (Phi) is 5.00. The fourth-order valence-corrected chi connectivity index (χ4v) is 3.12. The standard InChI is InChI=1S/C16H27N3O/c1-4-16(2,19-8-6-5-7-9-19)15(17)13-10-14(20-3)12-18-11-13/h10-12,15H,4-9,17H2,1-3H3. The molecule has 4 nitrogen and oxygen atoms in total. The van der Waals surface area contributed by atoms with E-state index in [9.17, 15) is 0 Å². The third-order valence-corrected chi connectivity index (χ3v) is 4.79. The van der Waals surface area contributed by atoms with Crippen molar-refractivity contribution < 1.29 is 4.74 Å². The maximum absolute atomic E-state index is 6.60. The zero-order valence-corrected chi connectivity index (χ0v) is 12.9. The molecule has 0 spiro atoms. The summed E-state index contributed by atoms with van der Waals surface area (Å²) >= 11 is 0. The number of pyridine rings is 1. The van der Waals surface area contributed by atoms with Crippen molar-refractivity contribution in [2.75, 3.05) is 20.2 Å². The first-order valence-corrected chi connectivity index (χ1v) is 7.61. The fourth-order valence-electron chi connectivity index (χ4n) is 3.12. The van der Waals surface area contributed by atoms with Crippen LogP contribution in [0.4, 0.5) is 0 Å². The monoisotopic (exact) mass is 277 g/mol. The van der Waals surface area contributed by atoms with E-state index in [0.29, 0.717) is 0 Å². The number of rotatable bonds is 5. The first-order valence-electron chi connectivity index (χ1n) is 7.61. The van der Waals surface area contributed by atoms with Crippen molar-refractivity contribution in [3.8, 4) is 5.75 Å². The Morgan fingerprint density at radius 3 is 2.65 bits per heavy atom. The van der Waals surface area contributed by atoms with Crippen molar-refractivity contribution in [3.63, 3.8) is 0 Å². The topological polar surface area (TPSA) is 51.4 Å². The van der Waals surface area contributed by atoms with E-state index in [-0.39, 0.29) is 11.6 Å². The predicted molar refractivity (Wildman–Crippen MR) is 81.8 cm³/mol. The van der Waals surface area contributed by atoms with Crippen molar-refractivity contribution in [3.05, 3.63) is 24.0 Å². The number of ether oxygens (including phenoxy) is 1. The molecule has 2 rings (SSSR count). The van der Waals surface area contributed by atoms with E-state index in [1.54, 1.807) is 13.3 Å². The van der Waals surface area contributed by atoms with Crippen LogP contribution in [0.5, 0.6) is 5.75 Å². The van der Waals surface area contributed by atoms with E-state index in [0.717, 1.165) is 30.8 Å². The van der Waals surface area contributed by atoms with Crippen LogP contribution >= 0.6 is 0 Å². The van der Waals surface area contributed by atoms with Crippen molar-refractivity contribution in [1.82, 2.24) is 9.88 Å². The average molecular weight is 277 g/mol. The summed E-state index contributed by atoms with van der Waals surface area (Å²) in [4.78, 5) is 6.80. The second kappa shape index (κ2) is 6.55. The maximum Gasteiger partial charge on any atom is 0.137 e. The van der Waals surface area contributed by atoms with Gasteiger partial charge in [0.15, 0.2) is 0 Å². The number of hydrogen-bond acceptors (Lipinski definition) is 4. The summed E-state index contributed by atoms with van der Waals surface area (Å²) < 4.78 is 5.27. The molecule has 0 bridgehead atoms. The highest BCUT2D eigenvalue weighted by Gasteiger charge is 2.37. The van der Waals surface area contributed by atoms with Crippen LogP contribution in [-0.2, 0) is 0 Å². The Bertz CT molecular complexity index is 431. The van der Waals surface area contributed by atoms with Gasteiger partial charge in [0.25, 0.3) is 0 Å². The van der Waals surface area contributed by atoms with E-state index < -0.39 is 0 Å². The number of hydrogen-bond donors (Lipinski definition) is 1. The van der Waals surface area contributed by atoms with Crippen molar-refractivity contribution in [2.24, 2.45) is 5.73 Å². The van der Waals surface area contributed by atoms with Gasteiger partial charge in [0.2, 0.25) is 0 Å². The van der Waals surface area contributed by atoms with Crippen LogP contribution in [0.3, 0.4) is 0 Å². The van der Waals surface area contributed by atoms with Gasteiger partial charge in [-0.15, -0.1) is 0 Å². The molecule has 2 unspecified atom stereocenters. The van der Waals surface area contributed by atoms with Gasteiger partial charge in [-0.25, -0.2) is 0 Å². The van der Waals surface area contributed by atoms with Gasteiger partial charge in [-0.05, 0) is 50.9 Å². The van der Waals surface area contributed by atoms with Crippen LogP contribution in [-0.4, -0.2) is 35.6 Å². The fraction of sp³-hybridized carbons (Fsp3) is 0.688. The molecule has 0 aromatic carbocycles. The molecular weight excluding hydrogens is 250 g/mol. The Balaban J connectivity index is 2.24. The second-order valence-electron chi connectivity index (χ2n) is 5.89. The molecule has 2 atom stereocenters. The Hall–Kier alpha value is -1.13. The average Bonchev–Trinajstić information content (AvgIpc) is 2.54. The lowest BCUT2D eigenvalue weighted by molar-refractivity contribution is 0.0541. The molecule has 1 fully saturated rings. The summed E-state index contributed by atoms with van der Waals surface area (Å²) in [5.74, 6) is 0.773. The number of methoxy groups -OCH3 is 1. The summed E-state index contributed by atoms with van der Waals surface area (Å²) in [7, 11) is 1.66.